The molecule has 0 fully saturated rings. The van der Waals surface area contributed by atoms with Gasteiger partial charge >= 0.3 is 5.97 Å². The van der Waals surface area contributed by atoms with Gasteiger partial charge in [-0.25, -0.2) is 4.79 Å². The highest BCUT2D eigenvalue weighted by atomic mass is 32.2. The van der Waals surface area contributed by atoms with Gasteiger partial charge in [-0.2, -0.15) is 0 Å². The number of allylic oxidation sites excluding steroid dienone is 5. The van der Waals surface area contributed by atoms with E-state index in [1.807, 2.05) is 17.8 Å². The molecule has 2 aliphatic rings. The van der Waals surface area contributed by atoms with Gasteiger partial charge in [0.25, 0.3) is 0 Å². The van der Waals surface area contributed by atoms with E-state index in [0.717, 1.165) is 31.6 Å². The Labute approximate surface area is 148 Å². The van der Waals surface area contributed by atoms with Crippen LogP contribution in [0.3, 0.4) is 0 Å². The quantitative estimate of drug-likeness (QED) is 0.626. The molecule has 0 aromatic heterocycles. The minimum Gasteiger partial charge on any atom is -0.478 e. The number of carbonyl (C=O) groups is 1. The van der Waals surface area contributed by atoms with E-state index in [0.29, 0.717) is 12.0 Å². The van der Waals surface area contributed by atoms with E-state index >= 15 is 0 Å². The molecule has 0 amide bonds. The lowest BCUT2D eigenvalue weighted by molar-refractivity contribution is -0.132. The maximum absolute atomic E-state index is 11.0. The third-order valence-electron chi connectivity index (χ3n) is 4.21. The molecule has 1 atom stereocenters. The highest BCUT2D eigenvalue weighted by molar-refractivity contribution is 8.03. The largest absolute Gasteiger partial charge is 0.478 e. The number of likely N-dealkylation sites (N-methyl/N-ethyl adjacent to an activating group) is 1. The van der Waals surface area contributed by atoms with Crippen LogP contribution in [0.25, 0.3) is 0 Å². The van der Waals surface area contributed by atoms with Crippen molar-refractivity contribution < 1.29 is 9.90 Å². The number of thioether (sulfide) groups is 1. The van der Waals surface area contributed by atoms with Crippen molar-refractivity contribution in [1.82, 2.24) is 15.5 Å². The summed E-state index contributed by atoms with van der Waals surface area (Å²) in [5, 5.41) is 16.1. The Morgan fingerprint density at radius 1 is 1.46 bits per heavy atom. The van der Waals surface area contributed by atoms with Crippen molar-refractivity contribution in [3.63, 3.8) is 0 Å². The molecule has 0 aromatic carbocycles. The predicted octanol–water partition coefficient (Wildman–Crippen LogP) is 2.67. The van der Waals surface area contributed by atoms with Crippen LogP contribution in [0.5, 0.6) is 0 Å². The number of carboxylic acid groups (broad SMARTS) is 1. The average Bonchev–Trinajstić information content (AvgIpc) is 2.75. The van der Waals surface area contributed by atoms with Crippen molar-refractivity contribution >= 4 is 17.7 Å². The summed E-state index contributed by atoms with van der Waals surface area (Å²) in [6.45, 7) is 7.33. The van der Waals surface area contributed by atoms with Crippen LogP contribution in [0.15, 0.2) is 46.1 Å². The molecular weight excluding hydrogens is 322 g/mol. The van der Waals surface area contributed by atoms with Gasteiger partial charge in [0, 0.05) is 30.1 Å². The number of carboxylic acids is 1. The Balaban J connectivity index is 1.83. The fourth-order valence-electron chi connectivity index (χ4n) is 2.51. The van der Waals surface area contributed by atoms with Crippen LogP contribution in [0.2, 0.25) is 0 Å². The van der Waals surface area contributed by atoms with Crippen LogP contribution >= 0.6 is 11.8 Å². The Morgan fingerprint density at radius 2 is 2.25 bits per heavy atom. The summed E-state index contributed by atoms with van der Waals surface area (Å²) in [7, 11) is 2.12. The lowest BCUT2D eigenvalue weighted by atomic mass is 10.1. The number of hydrogen-bond acceptors (Lipinski definition) is 5. The number of nitrogens with one attached hydrogen (secondary N) is 2. The molecule has 132 valence electrons. The van der Waals surface area contributed by atoms with Gasteiger partial charge in [-0.3, -0.25) is 5.32 Å². The standard InChI is InChI=1S/C18H27N3O2S/c1-4-21(3)11-10-19-18-20-16(13(2)24-18)12-14-6-5-7-15(9-8-14)17(22)23/h6-9,18-20H,4-5,10-12H2,1-3H3,(H,22,23). The summed E-state index contributed by atoms with van der Waals surface area (Å²) in [6, 6.07) is 0. The fourth-order valence-corrected chi connectivity index (χ4v) is 3.54. The first-order valence-corrected chi connectivity index (χ1v) is 9.23. The molecular formula is C18H27N3O2S. The van der Waals surface area contributed by atoms with E-state index in [2.05, 4.69) is 42.5 Å². The molecule has 1 aliphatic heterocycles. The molecule has 6 heteroatoms. The highest BCUT2D eigenvalue weighted by Crippen LogP contribution is 2.32. The molecule has 3 N–H and O–H groups in total. The van der Waals surface area contributed by atoms with Gasteiger partial charge in [0.2, 0.25) is 0 Å². The van der Waals surface area contributed by atoms with Gasteiger partial charge in [0.1, 0.15) is 5.50 Å². The topological polar surface area (TPSA) is 64.6 Å². The van der Waals surface area contributed by atoms with E-state index in [1.54, 1.807) is 12.2 Å². The first-order valence-electron chi connectivity index (χ1n) is 8.35. The molecule has 0 saturated carbocycles. The fraction of sp³-hybridized carbons (Fsp3) is 0.500. The molecule has 0 bridgehead atoms. The van der Waals surface area contributed by atoms with Gasteiger partial charge < -0.3 is 15.3 Å². The third kappa shape index (κ3) is 5.54. The molecule has 5 nitrogen and oxygen atoms in total. The Kier molecular flexibility index (Phi) is 7.15. The second-order valence-corrected chi connectivity index (χ2v) is 7.34. The summed E-state index contributed by atoms with van der Waals surface area (Å²) in [4.78, 5) is 14.6. The van der Waals surface area contributed by atoms with Crippen LogP contribution in [0.1, 0.15) is 26.7 Å². The van der Waals surface area contributed by atoms with Crippen molar-refractivity contribution in [2.75, 3.05) is 26.7 Å². The van der Waals surface area contributed by atoms with Gasteiger partial charge in [-0.15, -0.1) is 0 Å². The molecule has 0 radical (unpaired) electrons. The van der Waals surface area contributed by atoms with Crippen LogP contribution in [-0.2, 0) is 4.79 Å². The summed E-state index contributed by atoms with van der Waals surface area (Å²) in [5.41, 5.74) is 2.95. The zero-order valence-corrected chi connectivity index (χ0v) is 15.4. The average molecular weight is 350 g/mol. The highest BCUT2D eigenvalue weighted by Gasteiger charge is 2.21. The minimum absolute atomic E-state index is 0.216. The van der Waals surface area contributed by atoms with Crippen molar-refractivity contribution in [2.45, 2.75) is 32.2 Å². The summed E-state index contributed by atoms with van der Waals surface area (Å²) >= 11 is 1.81. The van der Waals surface area contributed by atoms with Crippen LogP contribution < -0.4 is 10.6 Å². The first kappa shape index (κ1) is 18.8. The number of hydrogen-bond donors (Lipinski definition) is 3. The maximum Gasteiger partial charge on any atom is 0.335 e. The summed E-state index contributed by atoms with van der Waals surface area (Å²) in [5.74, 6) is -0.868. The second-order valence-electron chi connectivity index (χ2n) is 6.02. The lowest BCUT2D eigenvalue weighted by Crippen LogP contribution is -2.40. The number of rotatable bonds is 8. The first-order chi connectivity index (χ1) is 11.5. The van der Waals surface area contributed by atoms with E-state index in [1.165, 1.54) is 10.6 Å². The Hall–Kier alpha value is -1.50. The Bertz CT molecular complexity index is 593. The van der Waals surface area contributed by atoms with E-state index in [4.69, 9.17) is 5.11 Å². The molecule has 1 aliphatic carbocycles. The van der Waals surface area contributed by atoms with Crippen LogP contribution in [-0.4, -0.2) is 48.2 Å². The van der Waals surface area contributed by atoms with Gasteiger partial charge in [-0.05, 0) is 38.6 Å². The molecule has 24 heavy (non-hydrogen) atoms. The van der Waals surface area contributed by atoms with Crippen molar-refractivity contribution in [3.8, 4) is 0 Å². The molecule has 0 aromatic rings. The number of aliphatic carboxylic acids is 1. The number of nitrogens with zero attached hydrogens (tertiary/aromatic N) is 1. The zero-order chi connectivity index (χ0) is 17.5. The zero-order valence-electron chi connectivity index (χ0n) is 14.6. The summed E-state index contributed by atoms with van der Waals surface area (Å²) < 4.78 is 0. The van der Waals surface area contributed by atoms with Gasteiger partial charge in [0.05, 0.1) is 5.57 Å². The van der Waals surface area contributed by atoms with E-state index in [9.17, 15) is 4.79 Å². The molecule has 1 unspecified atom stereocenters. The lowest BCUT2D eigenvalue weighted by Gasteiger charge is -2.18. The van der Waals surface area contributed by atoms with Gasteiger partial charge in [-0.1, -0.05) is 36.9 Å². The van der Waals surface area contributed by atoms with Crippen LogP contribution in [0, 0.1) is 0 Å². The monoisotopic (exact) mass is 349 g/mol. The minimum atomic E-state index is -0.868. The van der Waals surface area contributed by atoms with E-state index < -0.39 is 5.97 Å². The molecule has 0 saturated heterocycles. The molecule has 1 heterocycles. The van der Waals surface area contributed by atoms with Crippen LogP contribution in [0.4, 0.5) is 0 Å². The van der Waals surface area contributed by atoms with Crippen molar-refractivity contribution in [3.05, 3.63) is 46.1 Å². The van der Waals surface area contributed by atoms with Gasteiger partial charge in [0.15, 0.2) is 0 Å². The predicted molar refractivity (Wildman–Crippen MR) is 101 cm³/mol. The maximum atomic E-state index is 11.0. The summed E-state index contributed by atoms with van der Waals surface area (Å²) in [6.07, 6.45) is 8.91. The SMILES string of the molecule is CCN(C)CCNC1NC(CC2=CCC=C(C(=O)O)C=C2)=C(C)S1. The molecule has 2 rings (SSSR count). The normalized spacial score (nSPS) is 20.8. The van der Waals surface area contributed by atoms with E-state index in [-0.39, 0.29) is 5.50 Å². The molecule has 0 spiro atoms. The smallest absolute Gasteiger partial charge is 0.335 e. The van der Waals surface area contributed by atoms with Crippen molar-refractivity contribution in [2.24, 2.45) is 0 Å². The second kappa shape index (κ2) is 9.11. The third-order valence-corrected chi connectivity index (χ3v) is 5.33. The van der Waals surface area contributed by atoms with Crippen molar-refractivity contribution in [1.29, 1.82) is 0 Å². The Morgan fingerprint density at radius 3 is 2.96 bits per heavy atom.